The van der Waals surface area contributed by atoms with Gasteiger partial charge in [-0.25, -0.2) is 4.39 Å². The first-order valence-corrected chi connectivity index (χ1v) is 10.3. The third-order valence-electron chi connectivity index (χ3n) is 5.50. The number of nitrogens with zero attached hydrogens (tertiary/aromatic N) is 1. The third kappa shape index (κ3) is 3.71. The minimum Gasteiger partial charge on any atom is -0.478 e. The molecule has 0 saturated carbocycles. The number of benzene rings is 3. The monoisotopic (exact) mass is 435 g/mol. The second-order valence-corrected chi connectivity index (χ2v) is 8.13. The number of hydrogen-bond acceptors (Lipinski definition) is 4. The Morgan fingerprint density at radius 3 is 2.71 bits per heavy atom. The summed E-state index contributed by atoms with van der Waals surface area (Å²) in [7, 11) is 0. The molecule has 5 rings (SSSR count). The van der Waals surface area contributed by atoms with Gasteiger partial charge in [-0.15, -0.1) is 0 Å². The highest BCUT2D eigenvalue weighted by molar-refractivity contribution is 6.32. The molecule has 3 aromatic carbocycles. The first-order valence-electron chi connectivity index (χ1n) is 9.94. The molecule has 6 heteroatoms. The van der Waals surface area contributed by atoms with Gasteiger partial charge in [0.2, 0.25) is 5.78 Å². The van der Waals surface area contributed by atoms with Gasteiger partial charge in [-0.3, -0.25) is 9.69 Å². The van der Waals surface area contributed by atoms with Gasteiger partial charge < -0.3 is 9.47 Å². The number of rotatable bonds is 3. The van der Waals surface area contributed by atoms with E-state index in [4.69, 9.17) is 21.1 Å². The fourth-order valence-electron chi connectivity index (χ4n) is 3.96. The molecule has 0 amide bonds. The average molecular weight is 436 g/mol. The summed E-state index contributed by atoms with van der Waals surface area (Å²) in [6.45, 7) is 3.44. The van der Waals surface area contributed by atoms with E-state index in [0.717, 1.165) is 28.0 Å². The summed E-state index contributed by atoms with van der Waals surface area (Å²) in [6.07, 6.45) is 1.68. The molecule has 0 radical (unpaired) electrons. The number of ketones is 1. The molecule has 0 bridgehead atoms. The zero-order valence-corrected chi connectivity index (χ0v) is 17.6. The summed E-state index contributed by atoms with van der Waals surface area (Å²) >= 11 is 6.25. The van der Waals surface area contributed by atoms with Gasteiger partial charge >= 0.3 is 0 Å². The number of aryl methyl sites for hydroxylation is 1. The Morgan fingerprint density at radius 1 is 1.16 bits per heavy atom. The van der Waals surface area contributed by atoms with Crippen LogP contribution in [0.4, 0.5) is 4.39 Å². The minimum absolute atomic E-state index is 0.161. The molecule has 0 unspecified atom stereocenters. The van der Waals surface area contributed by atoms with E-state index in [0.29, 0.717) is 36.2 Å². The number of carbonyl (C=O) groups excluding carboxylic acids is 1. The molecule has 4 nitrogen and oxygen atoms in total. The molecule has 0 N–H and O–H groups in total. The van der Waals surface area contributed by atoms with Gasteiger partial charge in [0.25, 0.3) is 0 Å². The lowest BCUT2D eigenvalue weighted by Gasteiger charge is -2.30. The Kier molecular flexibility index (Phi) is 5.00. The summed E-state index contributed by atoms with van der Waals surface area (Å²) in [6, 6.07) is 15.6. The molecular formula is C25H19ClFNO3. The number of fused-ring (bicyclic) bond motifs is 3. The lowest BCUT2D eigenvalue weighted by atomic mass is 9.98. The summed E-state index contributed by atoms with van der Waals surface area (Å²) in [5, 5.41) is 0.551. The van der Waals surface area contributed by atoms with Gasteiger partial charge in [0.05, 0.1) is 11.1 Å². The van der Waals surface area contributed by atoms with E-state index in [-0.39, 0.29) is 17.4 Å². The van der Waals surface area contributed by atoms with Crippen molar-refractivity contribution in [1.82, 2.24) is 4.90 Å². The standard InChI is InChI=1S/C25H19ClFNO3/c1-15-10-21-19(13-28(14-30-21)12-16-6-8-18(27)9-7-16)25-23(15)24(29)22(31-25)11-17-4-2-3-5-20(17)26/h2-11H,12-14H2,1H3/b22-11-. The lowest BCUT2D eigenvalue weighted by molar-refractivity contribution is 0.0872. The molecule has 0 saturated heterocycles. The zero-order chi connectivity index (χ0) is 21.5. The number of carbonyl (C=O) groups is 1. The van der Waals surface area contributed by atoms with Crippen LogP contribution in [0.25, 0.3) is 6.08 Å². The van der Waals surface area contributed by atoms with Gasteiger partial charge in [0, 0.05) is 18.1 Å². The molecule has 0 aromatic heterocycles. The largest absolute Gasteiger partial charge is 0.478 e. The first-order chi connectivity index (χ1) is 15.0. The van der Waals surface area contributed by atoms with Crippen molar-refractivity contribution < 1.29 is 18.7 Å². The minimum atomic E-state index is -0.262. The normalized spacial score (nSPS) is 16.6. The average Bonchev–Trinajstić information content (AvgIpc) is 3.09. The van der Waals surface area contributed by atoms with Crippen molar-refractivity contribution in [3.63, 3.8) is 0 Å². The van der Waals surface area contributed by atoms with Crippen LogP contribution in [0.5, 0.6) is 11.5 Å². The quantitative estimate of drug-likeness (QED) is 0.490. The van der Waals surface area contributed by atoms with Crippen LogP contribution in [0.15, 0.2) is 60.4 Å². The molecule has 0 atom stereocenters. The van der Waals surface area contributed by atoms with Gasteiger partial charge in [-0.1, -0.05) is 41.9 Å². The molecule has 2 aliphatic heterocycles. The molecular weight excluding hydrogens is 417 g/mol. The summed E-state index contributed by atoms with van der Waals surface area (Å²) < 4.78 is 25.2. The van der Waals surface area contributed by atoms with E-state index in [2.05, 4.69) is 4.90 Å². The highest BCUT2D eigenvalue weighted by Crippen LogP contribution is 2.44. The molecule has 156 valence electrons. The van der Waals surface area contributed by atoms with Gasteiger partial charge in [-0.2, -0.15) is 0 Å². The van der Waals surface area contributed by atoms with Crippen molar-refractivity contribution in [2.45, 2.75) is 20.0 Å². The van der Waals surface area contributed by atoms with E-state index in [1.54, 1.807) is 24.3 Å². The Bertz CT molecular complexity index is 1220. The Labute approximate surface area is 184 Å². The number of halogens is 2. The van der Waals surface area contributed by atoms with Crippen LogP contribution in [0.3, 0.4) is 0 Å². The van der Waals surface area contributed by atoms with E-state index in [1.807, 2.05) is 31.2 Å². The van der Waals surface area contributed by atoms with Crippen LogP contribution in [0.1, 0.15) is 32.6 Å². The van der Waals surface area contributed by atoms with Crippen molar-refractivity contribution in [3.05, 3.63) is 99.0 Å². The van der Waals surface area contributed by atoms with Crippen molar-refractivity contribution >= 4 is 23.5 Å². The highest BCUT2D eigenvalue weighted by Gasteiger charge is 2.35. The highest BCUT2D eigenvalue weighted by atomic mass is 35.5. The molecule has 31 heavy (non-hydrogen) atoms. The van der Waals surface area contributed by atoms with Gasteiger partial charge in [-0.05, 0) is 54.0 Å². The maximum absolute atomic E-state index is 13.2. The van der Waals surface area contributed by atoms with Crippen molar-refractivity contribution in [1.29, 1.82) is 0 Å². The Morgan fingerprint density at radius 2 is 1.94 bits per heavy atom. The van der Waals surface area contributed by atoms with Crippen LogP contribution in [0, 0.1) is 12.7 Å². The smallest absolute Gasteiger partial charge is 0.232 e. The molecule has 0 fully saturated rings. The number of Topliss-reactive ketones (excluding diaryl/α,β-unsaturated/α-hetero) is 1. The lowest BCUT2D eigenvalue weighted by Crippen LogP contribution is -2.31. The van der Waals surface area contributed by atoms with Crippen molar-refractivity contribution in [2.75, 3.05) is 6.73 Å². The second-order valence-electron chi connectivity index (χ2n) is 7.72. The maximum atomic E-state index is 13.2. The predicted octanol–water partition coefficient (Wildman–Crippen LogP) is 5.76. The van der Waals surface area contributed by atoms with Crippen LogP contribution in [0.2, 0.25) is 5.02 Å². The van der Waals surface area contributed by atoms with E-state index >= 15 is 0 Å². The summed E-state index contributed by atoms with van der Waals surface area (Å²) in [4.78, 5) is 15.2. The van der Waals surface area contributed by atoms with Crippen molar-refractivity contribution in [2.24, 2.45) is 0 Å². The molecule has 0 aliphatic carbocycles. The predicted molar refractivity (Wildman–Crippen MR) is 117 cm³/mol. The molecule has 0 spiro atoms. The number of ether oxygens (including phenoxy) is 2. The fraction of sp³-hybridized carbons (Fsp3) is 0.160. The van der Waals surface area contributed by atoms with Crippen LogP contribution >= 0.6 is 11.6 Å². The topological polar surface area (TPSA) is 38.8 Å². The first kappa shape index (κ1) is 19.8. The number of allylic oxidation sites excluding steroid dienone is 1. The second kappa shape index (κ2) is 7.84. The molecule has 2 aliphatic rings. The Hall–Kier alpha value is -3.15. The van der Waals surface area contributed by atoms with Gasteiger partial charge in [0.15, 0.2) is 5.76 Å². The summed E-state index contributed by atoms with van der Waals surface area (Å²) in [5.41, 5.74) is 3.91. The van der Waals surface area contributed by atoms with E-state index < -0.39 is 0 Å². The Balaban J connectivity index is 1.47. The SMILES string of the molecule is Cc1cc2c(c3c1C(=O)/C(=C/c1ccccc1Cl)O3)CN(Cc1ccc(F)cc1)CO2. The fourth-order valence-corrected chi connectivity index (χ4v) is 4.15. The van der Waals surface area contributed by atoms with Crippen LogP contribution in [-0.4, -0.2) is 17.4 Å². The molecule has 2 heterocycles. The van der Waals surface area contributed by atoms with E-state index in [9.17, 15) is 9.18 Å². The number of hydrogen-bond donors (Lipinski definition) is 0. The molecule has 3 aromatic rings. The van der Waals surface area contributed by atoms with Crippen molar-refractivity contribution in [3.8, 4) is 11.5 Å². The maximum Gasteiger partial charge on any atom is 0.232 e. The van der Waals surface area contributed by atoms with Crippen LogP contribution < -0.4 is 9.47 Å². The summed E-state index contributed by atoms with van der Waals surface area (Å²) in [5.74, 6) is 1.09. The van der Waals surface area contributed by atoms with Gasteiger partial charge in [0.1, 0.15) is 24.0 Å². The van der Waals surface area contributed by atoms with E-state index in [1.165, 1.54) is 12.1 Å². The zero-order valence-electron chi connectivity index (χ0n) is 16.8. The van der Waals surface area contributed by atoms with Crippen LogP contribution in [-0.2, 0) is 13.1 Å². The third-order valence-corrected chi connectivity index (χ3v) is 5.84.